The van der Waals surface area contributed by atoms with Crippen LogP contribution in [0.1, 0.15) is 25.8 Å². The van der Waals surface area contributed by atoms with Gasteiger partial charge in [0.05, 0.1) is 17.7 Å². The van der Waals surface area contributed by atoms with Crippen molar-refractivity contribution in [3.05, 3.63) is 87.4 Å². The molecule has 3 aromatic rings. The number of ether oxygens (including phenoxy) is 1. The van der Waals surface area contributed by atoms with Crippen LogP contribution in [0.5, 0.6) is 5.75 Å². The first-order valence-corrected chi connectivity index (χ1v) is 15.0. The number of anilines is 1. The molecule has 1 atom stereocenters. The molecular formula is C28H30Cl3N3O5S. The summed E-state index contributed by atoms with van der Waals surface area (Å²) in [5, 5.41) is 3.63. The van der Waals surface area contributed by atoms with E-state index in [1.807, 2.05) is 6.92 Å². The predicted molar refractivity (Wildman–Crippen MR) is 159 cm³/mol. The highest BCUT2D eigenvalue weighted by molar-refractivity contribution is 7.92. The van der Waals surface area contributed by atoms with E-state index in [9.17, 15) is 18.0 Å². The molecule has 0 saturated carbocycles. The number of carbonyl (C=O) groups is 2. The number of rotatable bonds is 12. The third-order valence-electron chi connectivity index (χ3n) is 6.13. The van der Waals surface area contributed by atoms with E-state index in [4.69, 9.17) is 39.5 Å². The zero-order chi connectivity index (χ0) is 29.4. The molecule has 1 N–H and O–H groups in total. The SMILES string of the molecule is CCCNC(=O)[C@@H](C)N(Cc1c(Cl)cccc1Cl)C(=O)CN(c1cc(Cl)ccc1OC)S(=O)(=O)c1ccccc1. The smallest absolute Gasteiger partial charge is 0.264 e. The van der Waals surface area contributed by atoms with E-state index in [0.29, 0.717) is 28.6 Å². The van der Waals surface area contributed by atoms with Crippen molar-refractivity contribution in [1.82, 2.24) is 10.2 Å². The van der Waals surface area contributed by atoms with Crippen molar-refractivity contribution in [1.29, 1.82) is 0 Å². The number of carbonyl (C=O) groups excluding carboxylic acids is 2. The second-order valence-corrected chi connectivity index (χ2v) is 11.9. The van der Waals surface area contributed by atoms with Crippen LogP contribution in [0.15, 0.2) is 71.6 Å². The van der Waals surface area contributed by atoms with Gasteiger partial charge in [-0.15, -0.1) is 0 Å². The third kappa shape index (κ3) is 7.40. The summed E-state index contributed by atoms with van der Waals surface area (Å²) in [5.74, 6) is -0.890. The van der Waals surface area contributed by atoms with Crippen molar-refractivity contribution in [3.63, 3.8) is 0 Å². The minimum Gasteiger partial charge on any atom is -0.495 e. The molecule has 12 heteroatoms. The molecular weight excluding hydrogens is 597 g/mol. The lowest BCUT2D eigenvalue weighted by molar-refractivity contribution is -0.139. The zero-order valence-electron chi connectivity index (χ0n) is 22.2. The predicted octanol–water partition coefficient (Wildman–Crippen LogP) is 5.79. The molecule has 214 valence electrons. The molecule has 8 nitrogen and oxygen atoms in total. The summed E-state index contributed by atoms with van der Waals surface area (Å²) in [5.41, 5.74) is 0.484. The Kier molecular flexibility index (Phi) is 11.1. The van der Waals surface area contributed by atoms with Crippen LogP contribution >= 0.6 is 34.8 Å². The Bertz CT molecular complexity index is 1430. The van der Waals surface area contributed by atoms with Crippen LogP contribution in [0.4, 0.5) is 5.69 Å². The Morgan fingerprint density at radius 3 is 2.23 bits per heavy atom. The van der Waals surface area contributed by atoms with E-state index in [0.717, 1.165) is 4.31 Å². The number of benzene rings is 3. The Hall–Kier alpha value is -2.98. The molecule has 3 aromatic carbocycles. The molecule has 3 rings (SSSR count). The lowest BCUT2D eigenvalue weighted by atomic mass is 10.1. The molecule has 40 heavy (non-hydrogen) atoms. The number of hydrogen-bond acceptors (Lipinski definition) is 5. The average Bonchev–Trinajstić information content (AvgIpc) is 2.94. The fraction of sp³-hybridized carbons (Fsp3) is 0.286. The number of amides is 2. The van der Waals surface area contributed by atoms with E-state index < -0.39 is 34.4 Å². The zero-order valence-corrected chi connectivity index (χ0v) is 25.3. The Morgan fingerprint density at radius 2 is 1.62 bits per heavy atom. The first-order chi connectivity index (χ1) is 19.0. The van der Waals surface area contributed by atoms with Crippen molar-refractivity contribution in [2.24, 2.45) is 0 Å². The summed E-state index contributed by atoms with van der Waals surface area (Å²) in [7, 11) is -2.90. The van der Waals surface area contributed by atoms with Crippen molar-refractivity contribution in [3.8, 4) is 5.75 Å². The highest BCUT2D eigenvalue weighted by Crippen LogP contribution is 2.35. The molecule has 0 aliphatic rings. The van der Waals surface area contributed by atoms with Crippen molar-refractivity contribution < 1.29 is 22.7 Å². The van der Waals surface area contributed by atoms with E-state index in [1.54, 1.807) is 49.4 Å². The van der Waals surface area contributed by atoms with E-state index in [-0.39, 0.29) is 27.9 Å². The van der Waals surface area contributed by atoms with Gasteiger partial charge in [0, 0.05) is 33.7 Å². The van der Waals surface area contributed by atoms with Gasteiger partial charge in [0.25, 0.3) is 10.0 Å². The normalized spacial score (nSPS) is 11.9. The summed E-state index contributed by atoms with van der Waals surface area (Å²) < 4.78 is 34.2. The Balaban J connectivity index is 2.12. The standard InChI is InChI=1S/C28H30Cl3N3O5S/c1-4-15-32-28(36)19(2)33(17-22-23(30)11-8-12-24(22)31)27(35)18-34(25-16-20(29)13-14-26(25)39-3)40(37,38)21-9-6-5-7-10-21/h5-14,16,19H,4,15,17-18H2,1-3H3,(H,32,36)/t19-/m1/s1. The fourth-order valence-electron chi connectivity index (χ4n) is 3.92. The van der Waals surface area contributed by atoms with E-state index in [2.05, 4.69) is 5.32 Å². The number of nitrogens with zero attached hydrogens (tertiary/aromatic N) is 2. The minimum atomic E-state index is -4.29. The van der Waals surface area contributed by atoms with Crippen molar-refractivity contribution >= 4 is 62.3 Å². The lowest BCUT2D eigenvalue weighted by Gasteiger charge is -2.32. The second kappa shape index (κ2) is 14.1. The van der Waals surface area contributed by atoms with Crippen LogP contribution < -0.4 is 14.4 Å². The van der Waals surface area contributed by atoms with E-state index in [1.165, 1.54) is 36.3 Å². The number of halogens is 3. The van der Waals surface area contributed by atoms with Crippen molar-refractivity contribution in [2.45, 2.75) is 37.8 Å². The van der Waals surface area contributed by atoms with Gasteiger partial charge in [-0.1, -0.05) is 66.0 Å². The van der Waals surface area contributed by atoms with Crippen LogP contribution in [-0.2, 0) is 26.2 Å². The van der Waals surface area contributed by atoms with Gasteiger partial charge in [0.1, 0.15) is 18.3 Å². The van der Waals surface area contributed by atoms with Crippen LogP contribution in [0.3, 0.4) is 0 Å². The van der Waals surface area contributed by atoms with Gasteiger partial charge in [-0.2, -0.15) is 0 Å². The van der Waals surface area contributed by atoms with Gasteiger partial charge >= 0.3 is 0 Å². The van der Waals surface area contributed by atoms with Crippen LogP contribution in [0.25, 0.3) is 0 Å². The molecule has 0 fully saturated rings. The van der Waals surface area contributed by atoms with Crippen LogP contribution in [-0.4, -0.2) is 51.4 Å². The topological polar surface area (TPSA) is 96.0 Å². The Labute approximate surface area is 249 Å². The summed E-state index contributed by atoms with van der Waals surface area (Å²) in [6.45, 7) is 3.07. The highest BCUT2D eigenvalue weighted by Gasteiger charge is 2.34. The van der Waals surface area contributed by atoms with Gasteiger partial charge in [-0.25, -0.2) is 8.42 Å². The quantitative estimate of drug-likeness (QED) is 0.274. The summed E-state index contributed by atoms with van der Waals surface area (Å²) in [4.78, 5) is 28.2. The van der Waals surface area contributed by atoms with Crippen LogP contribution in [0, 0.1) is 0 Å². The monoisotopic (exact) mass is 625 g/mol. The van der Waals surface area contributed by atoms with Gasteiger partial charge < -0.3 is 15.0 Å². The molecule has 2 amide bonds. The molecule has 0 unspecified atom stereocenters. The lowest BCUT2D eigenvalue weighted by Crippen LogP contribution is -2.51. The minimum absolute atomic E-state index is 0.0423. The summed E-state index contributed by atoms with van der Waals surface area (Å²) in [6, 6.07) is 16.1. The second-order valence-electron chi connectivity index (χ2n) is 8.83. The molecule has 0 aromatic heterocycles. The summed E-state index contributed by atoms with van der Waals surface area (Å²) >= 11 is 19.0. The van der Waals surface area contributed by atoms with Gasteiger partial charge in [-0.3, -0.25) is 13.9 Å². The average molecular weight is 627 g/mol. The molecule has 0 spiro atoms. The third-order valence-corrected chi connectivity index (χ3v) is 8.84. The molecule has 0 aliphatic heterocycles. The number of sulfonamides is 1. The van der Waals surface area contributed by atoms with Gasteiger partial charge in [0.2, 0.25) is 11.8 Å². The Morgan fingerprint density at radius 1 is 0.975 bits per heavy atom. The number of nitrogens with one attached hydrogen (secondary N) is 1. The van der Waals surface area contributed by atoms with E-state index >= 15 is 0 Å². The molecule has 0 radical (unpaired) electrons. The van der Waals surface area contributed by atoms with Gasteiger partial charge in [-0.05, 0) is 55.8 Å². The highest BCUT2D eigenvalue weighted by atomic mass is 35.5. The molecule has 0 saturated heterocycles. The molecule has 0 aliphatic carbocycles. The summed E-state index contributed by atoms with van der Waals surface area (Å²) in [6.07, 6.45) is 0.695. The maximum absolute atomic E-state index is 14.0. The maximum Gasteiger partial charge on any atom is 0.264 e. The molecule has 0 heterocycles. The number of hydrogen-bond donors (Lipinski definition) is 1. The van der Waals surface area contributed by atoms with Crippen molar-refractivity contribution in [2.75, 3.05) is 24.5 Å². The van der Waals surface area contributed by atoms with Crippen LogP contribution in [0.2, 0.25) is 15.1 Å². The number of methoxy groups -OCH3 is 1. The van der Waals surface area contributed by atoms with Gasteiger partial charge in [0.15, 0.2) is 0 Å². The first-order valence-electron chi connectivity index (χ1n) is 12.4. The fourth-order valence-corrected chi connectivity index (χ4v) is 6.04. The maximum atomic E-state index is 14.0. The largest absolute Gasteiger partial charge is 0.495 e. The first kappa shape index (κ1) is 31.5. The molecule has 0 bridgehead atoms.